The minimum absolute atomic E-state index is 0.00494. The van der Waals surface area contributed by atoms with E-state index >= 15 is 0 Å². The fourth-order valence-electron chi connectivity index (χ4n) is 12.7. The molecule has 0 bridgehead atoms. The van der Waals surface area contributed by atoms with Crippen molar-refractivity contribution in [2.75, 3.05) is 19.8 Å². The monoisotopic (exact) mass is 858 g/mol. The van der Waals surface area contributed by atoms with E-state index in [9.17, 15) is 60.7 Å². The van der Waals surface area contributed by atoms with Gasteiger partial charge in [-0.2, -0.15) is 0 Å². The third kappa shape index (κ3) is 7.21. The zero-order valence-electron chi connectivity index (χ0n) is 33.9. The molecule has 60 heavy (non-hydrogen) atoms. The second kappa shape index (κ2) is 16.7. The minimum Gasteiger partial charge on any atom is -0.458 e. The van der Waals surface area contributed by atoms with Gasteiger partial charge in [0.25, 0.3) is 0 Å². The number of aliphatic hydroxyl groups excluding tert-OH is 8. The van der Waals surface area contributed by atoms with Crippen LogP contribution in [0, 0.1) is 28.6 Å². The summed E-state index contributed by atoms with van der Waals surface area (Å²) in [6.07, 6.45) is -14.1. The molecule has 0 aromatic heterocycles. The van der Waals surface area contributed by atoms with Crippen LogP contribution in [0.5, 0.6) is 0 Å². The number of rotatable bonds is 10. The van der Waals surface area contributed by atoms with Gasteiger partial charge in [0.1, 0.15) is 67.8 Å². The molecule has 8 rings (SSSR count). The highest BCUT2D eigenvalue weighted by atomic mass is 16.7. The van der Waals surface area contributed by atoms with E-state index in [1.807, 2.05) is 0 Å². The lowest BCUT2D eigenvalue weighted by Gasteiger charge is -2.65. The molecule has 4 saturated carbocycles. The number of fused-ring (bicyclic) bond motifs is 5. The second-order valence-electron chi connectivity index (χ2n) is 19.0. The molecule has 4 aliphatic heterocycles. The maximum absolute atomic E-state index is 13.3. The number of hydrogen-bond acceptors (Lipinski definition) is 19. The summed E-state index contributed by atoms with van der Waals surface area (Å²) in [4.78, 5) is 25.2. The first-order valence-corrected chi connectivity index (χ1v) is 21.4. The maximum Gasteiger partial charge on any atom is 0.331 e. The topological polar surface area (TPSA) is 301 Å². The van der Waals surface area contributed by atoms with Gasteiger partial charge in [-0.05, 0) is 81.6 Å². The summed E-state index contributed by atoms with van der Waals surface area (Å²) >= 11 is 0. The minimum atomic E-state index is -1.79. The van der Waals surface area contributed by atoms with Crippen LogP contribution in [-0.4, -0.2) is 186 Å². The molecule has 10 N–H and O–H groups in total. The SMILES string of the molecule is C[C@H]1O[C@@H](O[C@H]2CC[C@]3(C=O)[C@H]4CC[C@]5(C)[C@@H](C6=CC(=O)OC6)CC[C@]5(O)[C@H]4CC[C@]3(O)C2)C[C@@H](O)[C@@H]1O[C@H]1O[C@@H](CO[C@H]2O[C@@H](CO)[C@H](O)[C@@H](O)[C@@H]2O)[C@H](O)[C@@H](O)[C@@H]1O. The van der Waals surface area contributed by atoms with Crippen molar-refractivity contribution in [1.82, 2.24) is 0 Å². The van der Waals surface area contributed by atoms with Crippen molar-refractivity contribution >= 4 is 12.3 Å². The molecule has 22 atom stereocenters. The van der Waals surface area contributed by atoms with E-state index in [0.29, 0.717) is 51.4 Å². The zero-order valence-corrected chi connectivity index (χ0v) is 33.9. The number of carbonyl (C=O) groups excluding carboxylic acids is 2. The molecule has 7 fully saturated rings. The van der Waals surface area contributed by atoms with Gasteiger partial charge >= 0.3 is 5.97 Å². The fraction of sp³-hybridized carbons (Fsp3) is 0.902. The summed E-state index contributed by atoms with van der Waals surface area (Å²) in [6, 6.07) is 0. The third-order valence-electron chi connectivity index (χ3n) is 16.1. The molecule has 0 unspecified atom stereocenters. The van der Waals surface area contributed by atoms with E-state index in [-0.39, 0.29) is 43.2 Å². The van der Waals surface area contributed by atoms with E-state index < -0.39 is 127 Å². The highest BCUT2D eigenvalue weighted by molar-refractivity contribution is 5.85. The second-order valence-corrected chi connectivity index (χ2v) is 19.0. The third-order valence-corrected chi connectivity index (χ3v) is 16.1. The maximum atomic E-state index is 13.3. The molecule has 0 aromatic rings. The van der Waals surface area contributed by atoms with Crippen molar-refractivity contribution in [2.45, 2.75) is 181 Å². The van der Waals surface area contributed by atoms with Crippen LogP contribution in [0.1, 0.15) is 78.1 Å². The van der Waals surface area contributed by atoms with Gasteiger partial charge in [-0.25, -0.2) is 4.79 Å². The number of carbonyl (C=O) groups is 2. The van der Waals surface area contributed by atoms with Gasteiger partial charge in [-0.15, -0.1) is 0 Å². The predicted molar refractivity (Wildman–Crippen MR) is 199 cm³/mol. The molecule has 3 saturated heterocycles. The van der Waals surface area contributed by atoms with Gasteiger partial charge in [0.2, 0.25) is 0 Å². The van der Waals surface area contributed by atoms with Gasteiger partial charge < -0.3 is 89.0 Å². The molecule has 4 heterocycles. The normalized spacial score (nSPS) is 54.3. The molecule has 19 heteroatoms. The summed E-state index contributed by atoms with van der Waals surface area (Å²) in [6.45, 7) is 2.70. The Bertz CT molecular complexity index is 1600. The first-order chi connectivity index (χ1) is 28.4. The molecule has 340 valence electrons. The Morgan fingerprint density at radius 3 is 2.15 bits per heavy atom. The van der Waals surface area contributed by atoms with Crippen molar-refractivity contribution in [3.8, 4) is 0 Å². The summed E-state index contributed by atoms with van der Waals surface area (Å²) in [5.74, 6) is -0.820. The molecule has 4 aliphatic carbocycles. The van der Waals surface area contributed by atoms with Crippen molar-refractivity contribution in [1.29, 1.82) is 0 Å². The number of cyclic esters (lactones) is 1. The van der Waals surface area contributed by atoms with E-state index in [4.69, 9.17) is 33.2 Å². The standard InChI is InChI=1S/C41H62O19/c1-18-35(60-37-34(51)32(49)30(47)26(59-37)16-55-36-33(50)31(48)29(46)25(14-42)58-36)24(44)12-28(56-18)57-20-3-8-39(17-43)22-4-7-38(2)21(19-11-27(45)54-15-19)6-10-41(38,53)23(22)5-9-40(39,52)13-20/h11,17-18,20-26,28-37,42,44,46-53H,3-10,12-16H2,1-2H3/t18-,20+,21-,22+,23+,24-,25+,26+,28+,29+,30+,31-,32-,33+,34+,35-,36+,37-,38-,39+,40+,41+/m1/s1. The van der Waals surface area contributed by atoms with Crippen molar-refractivity contribution < 1.29 is 93.8 Å². The molecule has 0 amide bonds. The predicted octanol–water partition coefficient (Wildman–Crippen LogP) is -2.57. The first-order valence-electron chi connectivity index (χ1n) is 21.4. The van der Waals surface area contributed by atoms with Gasteiger partial charge in [0.05, 0.1) is 48.1 Å². The smallest absolute Gasteiger partial charge is 0.331 e. The van der Waals surface area contributed by atoms with Gasteiger partial charge in [0.15, 0.2) is 18.9 Å². The summed E-state index contributed by atoms with van der Waals surface area (Å²) in [5, 5.41) is 108. The summed E-state index contributed by atoms with van der Waals surface area (Å²) in [7, 11) is 0. The lowest BCUT2D eigenvalue weighted by atomic mass is 9.41. The summed E-state index contributed by atoms with van der Waals surface area (Å²) < 4.78 is 40.2. The largest absolute Gasteiger partial charge is 0.458 e. The van der Waals surface area contributed by atoms with Crippen LogP contribution in [0.15, 0.2) is 11.6 Å². The van der Waals surface area contributed by atoms with E-state index in [1.165, 1.54) is 0 Å². The number of hydrogen-bond donors (Lipinski definition) is 10. The number of aldehydes is 1. The van der Waals surface area contributed by atoms with Crippen LogP contribution >= 0.6 is 0 Å². The molecule has 0 spiro atoms. The van der Waals surface area contributed by atoms with Crippen LogP contribution < -0.4 is 0 Å². The van der Waals surface area contributed by atoms with E-state index in [2.05, 4.69) is 6.92 Å². The quantitative estimate of drug-likeness (QED) is 0.0613. The lowest BCUT2D eigenvalue weighted by molar-refractivity contribution is -0.354. The molecular formula is C41H62O19. The fourth-order valence-corrected chi connectivity index (χ4v) is 12.7. The molecule has 0 aromatic carbocycles. The van der Waals surface area contributed by atoms with Gasteiger partial charge in [-0.3, -0.25) is 0 Å². The molecule has 0 radical (unpaired) electrons. The highest BCUT2D eigenvalue weighted by Gasteiger charge is 2.71. The Balaban J connectivity index is 0.872. The van der Waals surface area contributed by atoms with Crippen LogP contribution in [0.2, 0.25) is 0 Å². The Labute approximate surface area is 347 Å². The lowest BCUT2D eigenvalue weighted by Crippen LogP contribution is -2.69. The summed E-state index contributed by atoms with van der Waals surface area (Å²) in [5.41, 5.74) is -3.15. The zero-order chi connectivity index (χ0) is 43.1. The Morgan fingerprint density at radius 1 is 0.800 bits per heavy atom. The Hall–Kier alpha value is -1.76. The van der Waals surface area contributed by atoms with Crippen LogP contribution in [0.25, 0.3) is 0 Å². The number of esters is 1. The average molecular weight is 859 g/mol. The first kappa shape index (κ1) is 44.8. The Kier molecular flexibility index (Phi) is 12.4. The molecule has 8 aliphatic rings. The van der Waals surface area contributed by atoms with E-state index in [1.54, 1.807) is 13.0 Å². The highest BCUT2D eigenvalue weighted by Crippen LogP contribution is 2.70. The van der Waals surface area contributed by atoms with Crippen LogP contribution in [0.3, 0.4) is 0 Å². The molecule has 19 nitrogen and oxygen atoms in total. The average Bonchev–Trinajstić information content (AvgIpc) is 3.76. The van der Waals surface area contributed by atoms with Crippen LogP contribution in [0.4, 0.5) is 0 Å². The van der Waals surface area contributed by atoms with Gasteiger partial charge in [-0.1, -0.05) is 6.92 Å². The van der Waals surface area contributed by atoms with Crippen LogP contribution in [-0.2, 0) is 42.7 Å². The Morgan fingerprint density at radius 2 is 1.48 bits per heavy atom. The van der Waals surface area contributed by atoms with Crippen molar-refractivity contribution in [3.05, 3.63) is 11.6 Å². The van der Waals surface area contributed by atoms with Crippen molar-refractivity contribution in [2.24, 2.45) is 28.6 Å². The van der Waals surface area contributed by atoms with Crippen molar-refractivity contribution in [3.63, 3.8) is 0 Å². The number of ether oxygens (including phenoxy) is 7. The number of aliphatic hydroxyl groups is 10. The molecular weight excluding hydrogens is 796 g/mol. The van der Waals surface area contributed by atoms with E-state index in [0.717, 1.165) is 11.9 Å². The van der Waals surface area contributed by atoms with Gasteiger partial charge in [0, 0.05) is 24.3 Å².